The van der Waals surface area contributed by atoms with Crippen molar-refractivity contribution in [3.8, 4) is 0 Å². The van der Waals surface area contributed by atoms with Crippen LogP contribution in [0.4, 0.5) is 11.5 Å². The van der Waals surface area contributed by atoms with Gasteiger partial charge in [-0.25, -0.2) is 9.97 Å². The molecule has 0 amide bonds. The van der Waals surface area contributed by atoms with Gasteiger partial charge in [-0.15, -0.1) is 11.8 Å². The summed E-state index contributed by atoms with van der Waals surface area (Å²) in [6.45, 7) is 6.65. The van der Waals surface area contributed by atoms with Crippen LogP contribution in [-0.4, -0.2) is 33.2 Å². The number of carbonyl (C=O) groups is 1. The highest BCUT2D eigenvalue weighted by Gasteiger charge is 2.26. The molecule has 7 heteroatoms. The van der Waals surface area contributed by atoms with E-state index in [2.05, 4.69) is 43.8 Å². The standard InChI is InChI=1S/C21H23N5OS/c1-21(2,3)19(27)16-10-23-20-18(16)26-17(11-24-20)25-14-6-4-13(5-7-14)8-15-9-22-12-28-15/h4-8,10-11,22H,9,12H2,1-3H3,(H,23,24)(H,25,26). The summed E-state index contributed by atoms with van der Waals surface area (Å²) in [6.07, 6.45) is 5.56. The molecule has 3 aromatic rings. The first-order chi connectivity index (χ1) is 13.4. The minimum atomic E-state index is -0.475. The van der Waals surface area contributed by atoms with Gasteiger partial charge in [-0.1, -0.05) is 32.9 Å². The van der Waals surface area contributed by atoms with Crippen LogP contribution in [0.25, 0.3) is 17.2 Å². The number of carbonyl (C=O) groups excluding carboxylic acids is 1. The van der Waals surface area contributed by atoms with Crippen molar-refractivity contribution in [2.45, 2.75) is 20.8 Å². The van der Waals surface area contributed by atoms with Crippen molar-refractivity contribution in [1.82, 2.24) is 20.3 Å². The van der Waals surface area contributed by atoms with Gasteiger partial charge in [-0.3, -0.25) is 4.79 Å². The predicted octanol–water partition coefficient (Wildman–Crippen LogP) is 4.57. The Labute approximate surface area is 168 Å². The number of nitrogens with one attached hydrogen (secondary N) is 3. The maximum absolute atomic E-state index is 12.7. The molecular weight excluding hydrogens is 370 g/mol. The molecule has 0 spiro atoms. The summed E-state index contributed by atoms with van der Waals surface area (Å²) in [5.41, 5.74) is 3.40. The van der Waals surface area contributed by atoms with Crippen LogP contribution >= 0.6 is 11.8 Å². The van der Waals surface area contributed by atoms with Crippen LogP contribution in [0.5, 0.6) is 0 Å². The second kappa shape index (κ2) is 7.41. The fourth-order valence-electron chi connectivity index (χ4n) is 2.99. The molecule has 144 valence electrons. The molecule has 1 saturated heterocycles. The number of Topliss-reactive ketones (excluding diaryl/α,β-unsaturated/α-hetero) is 1. The lowest BCUT2D eigenvalue weighted by Crippen LogP contribution is -2.20. The van der Waals surface area contributed by atoms with Gasteiger partial charge in [0, 0.05) is 34.6 Å². The molecule has 3 N–H and O–H groups in total. The van der Waals surface area contributed by atoms with E-state index in [-0.39, 0.29) is 5.78 Å². The molecule has 28 heavy (non-hydrogen) atoms. The summed E-state index contributed by atoms with van der Waals surface area (Å²) < 4.78 is 0. The van der Waals surface area contributed by atoms with E-state index in [0.29, 0.717) is 22.5 Å². The molecule has 6 nitrogen and oxygen atoms in total. The Morgan fingerprint density at radius 3 is 2.71 bits per heavy atom. The van der Waals surface area contributed by atoms with Crippen LogP contribution in [0, 0.1) is 5.41 Å². The molecule has 1 fully saturated rings. The van der Waals surface area contributed by atoms with Gasteiger partial charge in [0.05, 0.1) is 11.8 Å². The lowest BCUT2D eigenvalue weighted by atomic mass is 9.87. The number of thioether (sulfide) groups is 1. The van der Waals surface area contributed by atoms with Gasteiger partial charge in [-0.2, -0.15) is 0 Å². The molecule has 0 bridgehead atoms. The van der Waals surface area contributed by atoms with E-state index < -0.39 is 5.41 Å². The highest BCUT2D eigenvalue weighted by atomic mass is 32.2. The van der Waals surface area contributed by atoms with Crippen molar-refractivity contribution in [2.75, 3.05) is 17.7 Å². The molecule has 4 rings (SSSR count). The number of benzene rings is 1. The van der Waals surface area contributed by atoms with Crippen LogP contribution in [0.2, 0.25) is 0 Å². The predicted molar refractivity (Wildman–Crippen MR) is 116 cm³/mol. The molecule has 0 radical (unpaired) electrons. The van der Waals surface area contributed by atoms with Crippen molar-refractivity contribution in [2.24, 2.45) is 5.41 Å². The smallest absolute Gasteiger partial charge is 0.171 e. The van der Waals surface area contributed by atoms with E-state index in [4.69, 9.17) is 0 Å². The first-order valence-electron chi connectivity index (χ1n) is 9.20. The number of nitrogens with zero attached hydrogens (tertiary/aromatic N) is 2. The van der Waals surface area contributed by atoms with E-state index in [0.717, 1.165) is 18.1 Å². The van der Waals surface area contributed by atoms with Crippen LogP contribution < -0.4 is 10.6 Å². The first-order valence-corrected chi connectivity index (χ1v) is 10.2. The van der Waals surface area contributed by atoms with Crippen LogP contribution in [0.3, 0.4) is 0 Å². The number of rotatable bonds is 4. The molecule has 1 aromatic carbocycles. The summed E-state index contributed by atoms with van der Waals surface area (Å²) in [7, 11) is 0. The Morgan fingerprint density at radius 2 is 2.04 bits per heavy atom. The van der Waals surface area contributed by atoms with E-state index in [1.54, 1.807) is 12.4 Å². The molecule has 0 aliphatic carbocycles. The van der Waals surface area contributed by atoms with E-state index in [9.17, 15) is 4.79 Å². The number of hydrogen-bond donors (Lipinski definition) is 3. The monoisotopic (exact) mass is 393 g/mol. The minimum Gasteiger partial charge on any atom is -0.344 e. The molecule has 2 aromatic heterocycles. The Morgan fingerprint density at radius 1 is 1.25 bits per heavy atom. The highest BCUT2D eigenvalue weighted by molar-refractivity contribution is 8.03. The van der Waals surface area contributed by atoms with Crippen molar-refractivity contribution >= 4 is 46.3 Å². The van der Waals surface area contributed by atoms with Gasteiger partial charge in [-0.05, 0) is 23.8 Å². The zero-order valence-electron chi connectivity index (χ0n) is 16.2. The number of hydrogen-bond acceptors (Lipinski definition) is 6. The van der Waals surface area contributed by atoms with Gasteiger partial charge in [0.15, 0.2) is 11.4 Å². The average Bonchev–Trinajstić information content (AvgIpc) is 3.31. The number of ketones is 1. The molecule has 0 saturated carbocycles. The number of anilines is 2. The Bertz CT molecular complexity index is 1040. The molecule has 1 aliphatic heterocycles. The summed E-state index contributed by atoms with van der Waals surface area (Å²) in [4.78, 5) is 26.1. The zero-order chi connectivity index (χ0) is 19.7. The highest BCUT2D eigenvalue weighted by Crippen LogP contribution is 2.27. The number of aromatic amines is 1. The third-order valence-electron chi connectivity index (χ3n) is 4.48. The van der Waals surface area contributed by atoms with Crippen molar-refractivity contribution < 1.29 is 4.79 Å². The van der Waals surface area contributed by atoms with Gasteiger partial charge in [0.25, 0.3) is 0 Å². The summed E-state index contributed by atoms with van der Waals surface area (Å²) in [5, 5.41) is 6.59. The Hall–Kier alpha value is -2.64. The summed E-state index contributed by atoms with van der Waals surface area (Å²) in [5.74, 6) is 1.63. The molecular formula is C21H23N5OS. The largest absolute Gasteiger partial charge is 0.344 e. The average molecular weight is 394 g/mol. The molecule has 0 atom stereocenters. The van der Waals surface area contributed by atoms with Crippen molar-refractivity contribution in [1.29, 1.82) is 0 Å². The Balaban J connectivity index is 1.56. The third kappa shape index (κ3) is 3.95. The molecule has 0 unspecified atom stereocenters. The summed E-state index contributed by atoms with van der Waals surface area (Å²) in [6, 6.07) is 8.18. The van der Waals surface area contributed by atoms with Gasteiger partial charge in [0.2, 0.25) is 0 Å². The fraction of sp³-hybridized carbons (Fsp3) is 0.286. The quantitative estimate of drug-likeness (QED) is 0.564. The number of H-pyrrole nitrogens is 1. The van der Waals surface area contributed by atoms with Gasteiger partial charge in [0.1, 0.15) is 11.3 Å². The zero-order valence-corrected chi connectivity index (χ0v) is 17.0. The van der Waals surface area contributed by atoms with E-state index in [1.165, 1.54) is 10.5 Å². The van der Waals surface area contributed by atoms with Crippen LogP contribution in [-0.2, 0) is 0 Å². The summed E-state index contributed by atoms with van der Waals surface area (Å²) >= 11 is 1.84. The number of fused-ring (bicyclic) bond motifs is 1. The second-order valence-electron chi connectivity index (χ2n) is 7.81. The van der Waals surface area contributed by atoms with E-state index >= 15 is 0 Å². The SMILES string of the molecule is CC(C)(C)C(=O)c1c[nH]c2ncc(Nc3ccc(C=C4CNCS4)cc3)nc12. The maximum Gasteiger partial charge on any atom is 0.171 e. The van der Waals surface area contributed by atoms with Crippen LogP contribution in [0.15, 0.2) is 41.6 Å². The topological polar surface area (TPSA) is 82.7 Å². The first kappa shape index (κ1) is 18.7. The van der Waals surface area contributed by atoms with E-state index in [1.807, 2.05) is 44.7 Å². The van der Waals surface area contributed by atoms with Gasteiger partial charge >= 0.3 is 0 Å². The van der Waals surface area contributed by atoms with Gasteiger partial charge < -0.3 is 15.6 Å². The fourth-order valence-corrected chi connectivity index (χ4v) is 3.80. The molecule has 3 heterocycles. The third-order valence-corrected chi connectivity index (χ3v) is 5.46. The Kier molecular flexibility index (Phi) is 4.95. The minimum absolute atomic E-state index is 0.0434. The lowest BCUT2D eigenvalue weighted by Gasteiger charge is -2.15. The van der Waals surface area contributed by atoms with Crippen molar-refractivity contribution in [3.63, 3.8) is 0 Å². The molecule has 1 aliphatic rings. The normalized spacial score (nSPS) is 16.0. The maximum atomic E-state index is 12.7. The van der Waals surface area contributed by atoms with Crippen LogP contribution in [0.1, 0.15) is 36.7 Å². The second-order valence-corrected chi connectivity index (χ2v) is 8.91. The number of aromatic nitrogens is 3. The lowest BCUT2D eigenvalue weighted by molar-refractivity contribution is 0.0860. The van der Waals surface area contributed by atoms with Crippen molar-refractivity contribution in [3.05, 3.63) is 52.7 Å².